The van der Waals surface area contributed by atoms with Crippen molar-refractivity contribution < 1.29 is 19.4 Å². The van der Waals surface area contributed by atoms with E-state index in [0.29, 0.717) is 24.7 Å². The van der Waals surface area contributed by atoms with Crippen LogP contribution in [0.2, 0.25) is 5.02 Å². The van der Waals surface area contributed by atoms with Gasteiger partial charge in [0.1, 0.15) is 6.04 Å². The number of carboxylic acids is 1. The number of carbonyl (C=O) groups excluding carboxylic acids is 1. The molecule has 0 spiro atoms. The lowest BCUT2D eigenvalue weighted by atomic mass is 10.0. The predicted molar refractivity (Wildman–Crippen MR) is 73.6 cm³/mol. The van der Waals surface area contributed by atoms with E-state index in [2.05, 4.69) is 5.32 Å². The number of ether oxygens (including phenoxy) is 1. The van der Waals surface area contributed by atoms with Crippen molar-refractivity contribution in [3.63, 3.8) is 0 Å². The second kappa shape index (κ2) is 6.72. The van der Waals surface area contributed by atoms with Crippen molar-refractivity contribution in [2.45, 2.75) is 18.9 Å². The Morgan fingerprint density at radius 3 is 2.65 bits per heavy atom. The summed E-state index contributed by atoms with van der Waals surface area (Å²) in [4.78, 5) is 23.2. The Morgan fingerprint density at radius 1 is 1.40 bits per heavy atom. The van der Waals surface area contributed by atoms with Gasteiger partial charge in [0.2, 0.25) is 5.91 Å². The van der Waals surface area contributed by atoms with Crippen LogP contribution >= 0.6 is 11.6 Å². The van der Waals surface area contributed by atoms with Crippen LogP contribution in [0.5, 0.6) is 0 Å². The molecule has 2 rings (SSSR count). The molecule has 2 atom stereocenters. The number of hydrogen-bond acceptors (Lipinski definition) is 3. The maximum Gasteiger partial charge on any atom is 0.326 e. The molecule has 1 fully saturated rings. The Labute approximate surface area is 121 Å². The van der Waals surface area contributed by atoms with Crippen molar-refractivity contribution >= 4 is 23.5 Å². The molecule has 20 heavy (non-hydrogen) atoms. The van der Waals surface area contributed by atoms with Crippen molar-refractivity contribution in [3.05, 3.63) is 34.9 Å². The highest BCUT2D eigenvalue weighted by Gasteiger charge is 2.28. The van der Waals surface area contributed by atoms with E-state index in [1.54, 1.807) is 24.3 Å². The molecular formula is C14H16ClNO4. The summed E-state index contributed by atoms with van der Waals surface area (Å²) in [5.41, 5.74) is 0.810. The third-order valence-electron chi connectivity index (χ3n) is 3.27. The third-order valence-corrected chi connectivity index (χ3v) is 3.52. The molecule has 0 unspecified atom stereocenters. The number of nitrogens with one attached hydrogen (secondary N) is 1. The summed E-state index contributed by atoms with van der Waals surface area (Å²) in [6.07, 6.45) is 0.866. The van der Waals surface area contributed by atoms with Gasteiger partial charge in [-0.25, -0.2) is 4.79 Å². The molecule has 2 N–H and O–H groups in total. The molecule has 1 saturated heterocycles. The lowest BCUT2D eigenvalue weighted by molar-refractivity contribution is -0.142. The van der Waals surface area contributed by atoms with Gasteiger partial charge in [0.25, 0.3) is 0 Å². The van der Waals surface area contributed by atoms with Crippen LogP contribution in [-0.2, 0) is 20.7 Å². The van der Waals surface area contributed by atoms with Crippen LogP contribution in [0.1, 0.15) is 12.0 Å². The van der Waals surface area contributed by atoms with Crippen molar-refractivity contribution in [1.82, 2.24) is 5.32 Å². The third kappa shape index (κ3) is 3.95. The van der Waals surface area contributed by atoms with Gasteiger partial charge in [-0.05, 0) is 24.1 Å². The number of amides is 1. The zero-order chi connectivity index (χ0) is 14.5. The molecule has 0 saturated carbocycles. The molecule has 5 nitrogen and oxygen atoms in total. The molecule has 1 aromatic carbocycles. The van der Waals surface area contributed by atoms with E-state index in [9.17, 15) is 14.7 Å². The quantitative estimate of drug-likeness (QED) is 0.863. The van der Waals surface area contributed by atoms with Gasteiger partial charge in [0, 0.05) is 18.1 Å². The first kappa shape index (κ1) is 14.8. The summed E-state index contributed by atoms with van der Waals surface area (Å²) in [6.45, 7) is 0.909. The average Bonchev–Trinajstić information content (AvgIpc) is 2.94. The smallest absolute Gasteiger partial charge is 0.326 e. The molecule has 0 bridgehead atoms. The van der Waals surface area contributed by atoms with Gasteiger partial charge in [-0.15, -0.1) is 0 Å². The lowest BCUT2D eigenvalue weighted by Crippen LogP contribution is -2.45. The van der Waals surface area contributed by atoms with Gasteiger partial charge in [-0.1, -0.05) is 23.7 Å². The zero-order valence-electron chi connectivity index (χ0n) is 10.8. The molecule has 0 aliphatic carbocycles. The number of benzene rings is 1. The standard InChI is InChI=1S/C14H16ClNO4/c15-11-3-1-9(2-4-11)7-12(14(18)19)16-13(17)10-5-6-20-8-10/h1-4,10,12H,5-8H2,(H,16,17)(H,18,19)/t10-,12+/m1/s1. The monoisotopic (exact) mass is 297 g/mol. The Balaban J connectivity index is 1.98. The van der Waals surface area contributed by atoms with Gasteiger partial charge in [-0.2, -0.15) is 0 Å². The summed E-state index contributed by atoms with van der Waals surface area (Å²) < 4.78 is 5.13. The van der Waals surface area contributed by atoms with E-state index >= 15 is 0 Å². The van der Waals surface area contributed by atoms with Crippen molar-refractivity contribution in [1.29, 1.82) is 0 Å². The average molecular weight is 298 g/mol. The maximum absolute atomic E-state index is 11.9. The van der Waals surface area contributed by atoms with Gasteiger partial charge in [-0.3, -0.25) is 4.79 Å². The first-order chi connectivity index (χ1) is 9.56. The largest absolute Gasteiger partial charge is 0.480 e. The Kier molecular flexibility index (Phi) is 4.98. The summed E-state index contributed by atoms with van der Waals surface area (Å²) in [5.74, 6) is -1.56. The van der Waals surface area contributed by atoms with Crippen LogP contribution in [0.4, 0.5) is 0 Å². The second-order valence-electron chi connectivity index (χ2n) is 4.79. The SMILES string of the molecule is O=C(N[C@@H](Cc1ccc(Cl)cc1)C(=O)O)[C@@H]1CCOC1. The number of aliphatic carboxylic acids is 1. The topological polar surface area (TPSA) is 75.6 Å². The van der Waals surface area contributed by atoms with E-state index in [4.69, 9.17) is 16.3 Å². The minimum Gasteiger partial charge on any atom is -0.480 e. The summed E-state index contributed by atoms with van der Waals surface area (Å²) >= 11 is 5.78. The molecule has 6 heteroatoms. The van der Waals surface area contributed by atoms with E-state index in [1.807, 2.05) is 0 Å². The predicted octanol–water partition coefficient (Wildman–Crippen LogP) is 1.49. The first-order valence-electron chi connectivity index (χ1n) is 6.41. The summed E-state index contributed by atoms with van der Waals surface area (Å²) in [7, 11) is 0. The molecule has 1 heterocycles. The number of halogens is 1. The van der Waals surface area contributed by atoms with Gasteiger partial charge in [0.15, 0.2) is 0 Å². The summed E-state index contributed by atoms with van der Waals surface area (Å²) in [6, 6.07) is 5.96. The van der Waals surface area contributed by atoms with Crippen LogP contribution in [0.3, 0.4) is 0 Å². The number of carboxylic acid groups (broad SMARTS) is 1. The fraction of sp³-hybridized carbons (Fsp3) is 0.429. The van der Waals surface area contributed by atoms with E-state index < -0.39 is 12.0 Å². The molecule has 1 amide bonds. The number of carbonyl (C=O) groups is 2. The minimum absolute atomic E-state index is 0.228. The second-order valence-corrected chi connectivity index (χ2v) is 5.23. The molecule has 1 aliphatic heterocycles. The molecule has 0 radical (unpaired) electrons. The Bertz CT molecular complexity index is 482. The van der Waals surface area contributed by atoms with E-state index in [-0.39, 0.29) is 18.2 Å². The van der Waals surface area contributed by atoms with Gasteiger partial charge >= 0.3 is 5.97 Å². The Hall–Kier alpha value is -1.59. The molecule has 1 aliphatic rings. The van der Waals surface area contributed by atoms with E-state index in [0.717, 1.165) is 5.56 Å². The van der Waals surface area contributed by atoms with E-state index in [1.165, 1.54) is 0 Å². The normalized spacial score (nSPS) is 19.6. The molecule has 1 aromatic rings. The van der Waals surface area contributed by atoms with Gasteiger partial charge < -0.3 is 15.2 Å². The van der Waals surface area contributed by atoms with Crippen LogP contribution in [0, 0.1) is 5.92 Å². The highest BCUT2D eigenvalue weighted by Crippen LogP contribution is 2.14. The number of rotatable bonds is 5. The fourth-order valence-corrected chi connectivity index (χ4v) is 2.21. The molecular weight excluding hydrogens is 282 g/mol. The minimum atomic E-state index is -1.05. The fourth-order valence-electron chi connectivity index (χ4n) is 2.09. The van der Waals surface area contributed by atoms with Gasteiger partial charge in [0.05, 0.1) is 12.5 Å². The van der Waals surface area contributed by atoms with Crippen molar-refractivity contribution in [3.8, 4) is 0 Å². The summed E-state index contributed by atoms with van der Waals surface area (Å²) in [5, 5.41) is 12.4. The van der Waals surface area contributed by atoms with Crippen LogP contribution in [0.15, 0.2) is 24.3 Å². The van der Waals surface area contributed by atoms with Crippen molar-refractivity contribution in [2.75, 3.05) is 13.2 Å². The maximum atomic E-state index is 11.9. The molecule has 0 aromatic heterocycles. The van der Waals surface area contributed by atoms with Crippen LogP contribution < -0.4 is 5.32 Å². The Morgan fingerprint density at radius 2 is 2.10 bits per heavy atom. The number of hydrogen-bond donors (Lipinski definition) is 2. The molecule has 108 valence electrons. The van der Waals surface area contributed by atoms with Crippen LogP contribution in [-0.4, -0.2) is 36.2 Å². The highest BCUT2D eigenvalue weighted by atomic mass is 35.5. The lowest BCUT2D eigenvalue weighted by Gasteiger charge is -2.17. The highest BCUT2D eigenvalue weighted by molar-refractivity contribution is 6.30. The van der Waals surface area contributed by atoms with Crippen LogP contribution in [0.25, 0.3) is 0 Å². The van der Waals surface area contributed by atoms with Crippen molar-refractivity contribution in [2.24, 2.45) is 5.92 Å². The zero-order valence-corrected chi connectivity index (χ0v) is 11.6. The first-order valence-corrected chi connectivity index (χ1v) is 6.79.